The zero-order chi connectivity index (χ0) is 26.6. The van der Waals surface area contributed by atoms with Crippen LogP contribution in [0.5, 0.6) is 11.5 Å². The zero-order valence-corrected chi connectivity index (χ0v) is 20.2. The third kappa shape index (κ3) is 6.31. The predicted molar refractivity (Wildman–Crippen MR) is 129 cm³/mol. The lowest BCUT2D eigenvalue weighted by Crippen LogP contribution is -2.52. The minimum atomic E-state index is -4.79. The van der Waals surface area contributed by atoms with Crippen molar-refractivity contribution < 1.29 is 37.3 Å². The Balaban J connectivity index is 1.59. The fourth-order valence-corrected chi connectivity index (χ4v) is 4.78. The third-order valence-electron chi connectivity index (χ3n) is 6.73. The van der Waals surface area contributed by atoms with Crippen LogP contribution in [0.15, 0.2) is 54.7 Å². The second-order valence-corrected chi connectivity index (χ2v) is 9.46. The number of nitrogens with one attached hydrogen (secondary N) is 1. The number of ether oxygens (including phenoxy) is 2. The molecule has 0 saturated heterocycles. The number of rotatable bonds is 8. The number of carbonyl (C=O) groups is 2. The predicted octanol–water partition coefficient (Wildman–Crippen LogP) is 5.87. The van der Waals surface area contributed by atoms with Gasteiger partial charge >= 0.3 is 12.3 Å². The fourth-order valence-electron chi connectivity index (χ4n) is 4.78. The molecule has 4 rings (SSSR count). The number of carboxylic acids is 1. The quantitative estimate of drug-likeness (QED) is 0.389. The van der Waals surface area contributed by atoms with Crippen LogP contribution < -0.4 is 14.8 Å². The molecule has 0 radical (unpaired) electrons. The number of carbonyl (C=O) groups excluding carboxylic acids is 1. The van der Waals surface area contributed by atoms with E-state index in [-0.39, 0.29) is 23.7 Å². The molecule has 1 aromatic heterocycles. The first-order valence-electron chi connectivity index (χ1n) is 11.9. The highest BCUT2D eigenvalue weighted by Crippen LogP contribution is 2.39. The molecule has 196 valence electrons. The number of alkyl halides is 3. The molecule has 1 atom stereocenters. The van der Waals surface area contributed by atoms with Crippen LogP contribution >= 0.6 is 0 Å². The standard InChI is InChI=1S/C27H27F3N2O5/c1-26(13-3-2-4-14-26)23(25(34)35)32-24(33)20-12-9-18-6-5-15-31-21(18)22(20)36-16-17-7-10-19(11-8-17)37-27(28,29)30/h5-12,15,23H,2-4,13-14,16H2,1H3,(H,32,33)(H,34,35)/t23-/m1/s1. The van der Waals surface area contributed by atoms with Crippen molar-refractivity contribution in [2.45, 2.75) is 58.0 Å². The molecule has 0 bridgehead atoms. The molecule has 2 N–H and O–H groups in total. The summed E-state index contributed by atoms with van der Waals surface area (Å²) in [4.78, 5) is 29.9. The maximum Gasteiger partial charge on any atom is 0.573 e. The van der Waals surface area contributed by atoms with E-state index < -0.39 is 29.7 Å². The van der Waals surface area contributed by atoms with Crippen molar-refractivity contribution in [2.75, 3.05) is 0 Å². The lowest BCUT2D eigenvalue weighted by molar-refractivity contribution is -0.274. The lowest BCUT2D eigenvalue weighted by Gasteiger charge is -2.38. The molecule has 1 saturated carbocycles. The summed E-state index contributed by atoms with van der Waals surface area (Å²) in [6, 6.07) is 10.9. The average Bonchev–Trinajstić information content (AvgIpc) is 2.85. The van der Waals surface area contributed by atoms with Gasteiger partial charge in [-0.15, -0.1) is 13.2 Å². The normalized spacial score (nSPS) is 16.1. The van der Waals surface area contributed by atoms with Crippen LogP contribution in [0.3, 0.4) is 0 Å². The van der Waals surface area contributed by atoms with Crippen molar-refractivity contribution in [1.29, 1.82) is 0 Å². The average molecular weight is 517 g/mol. The summed E-state index contributed by atoms with van der Waals surface area (Å²) in [5, 5.41) is 13.3. The minimum absolute atomic E-state index is 0.0671. The van der Waals surface area contributed by atoms with Crippen LogP contribution in [0.4, 0.5) is 13.2 Å². The van der Waals surface area contributed by atoms with Gasteiger partial charge in [0.25, 0.3) is 5.91 Å². The number of hydrogen-bond acceptors (Lipinski definition) is 5. The molecule has 7 nitrogen and oxygen atoms in total. The van der Waals surface area contributed by atoms with Crippen molar-refractivity contribution in [3.05, 3.63) is 65.9 Å². The summed E-state index contributed by atoms with van der Waals surface area (Å²) in [6.07, 6.45) is 0.977. The largest absolute Gasteiger partial charge is 0.573 e. The van der Waals surface area contributed by atoms with Crippen molar-refractivity contribution in [3.8, 4) is 11.5 Å². The Labute approximate surface area is 211 Å². The zero-order valence-electron chi connectivity index (χ0n) is 20.2. The number of fused-ring (bicyclic) bond motifs is 1. The molecule has 10 heteroatoms. The number of benzene rings is 2. The van der Waals surface area contributed by atoms with Gasteiger partial charge in [0.05, 0.1) is 5.56 Å². The Morgan fingerprint density at radius 3 is 2.43 bits per heavy atom. The van der Waals surface area contributed by atoms with E-state index in [1.165, 1.54) is 24.3 Å². The van der Waals surface area contributed by atoms with Gasteiger partial charge in [-0.2, -0.15) is 0 Å². The molecule has 0 aliphatic heterocycles. The Hall–Kier alpha value is -3.82. The second-order valence-electron chi connectivity index (χ2n) is 9.46. The summed E-state index contributed by atoms with van der Waals surface area (Å²) >= 11 is 0. The number of nitrogens with zero attached hydrogens (tertiary/aromatic N) is 1. The Kier molecular flexibility index (Phi) is 7.56. The Bertz CT molecular complexity index is 1270. The third-order valence-corrected chi connectivity index (χ3v) is 6.73. The van der Waals surface area contributed by atoms with Gasteiger partial charge in [0, 0.05) is 11.6 Å². The van der Waals surface area contributed by atoms with Crippen LogP contribution in [0.1, 0.15) is 54.9 Å². The fraction of sp³-hybridized carbons (Fsp3) is 0.370. The van der Waals surface area contributed by atoms with Crippen molar-refractivity contribution in [2.24, 2.45) is 5.41 Å². The number of aromatic nitrogens is 1. The number of hydrogen-bond donors (Lipinski definition) is 2. The molecule has 37 heavy (non-hydrogen) atoms. The topological polar surface area (TPSA) is 97.8 Å². The van der Waals surface area contributed by atoms with Gasteiger partial charge in [-0.1, -0.05) is 50.5 Å². The maximum atomic E-state index is 13.4. The number of pyridine rings is 1. The highest BCUT2D eigenvalue weighted by atomic mass is 19.4. The molecular weight excluding hydrogens is 489 g/mol. The van der Waals surface area contributed by atoms with Crippen LogP contribution in [0.2, 0.25) is 0 Å². The van der Waals surface area contributed by atoms with E-state index in [0.717, 1.165) is 19.3 Å². The van der Waals surface area contributed by atoms with Gasteiger partial charge in [-0.05, 0) is 48.1 Å². The number of carboxylic acid groups (broad SMARTS) is 1. The molecule has 0 unspecified atom stereocenters. The molecule has 1 fully saturated rings. The Morgan fingerprint density at radius 1 is 1.08 bits per heavy atom. The lowest BCUT2D eigenvalue weighted by atomic mass is 9.70. The molecule has 1 amide bonds. The van der Waals surface area contributed by atoms with Crippen LogP contribution in [-0.2, 0) is 11.4 Å². The molecule has 3 aromatic rings. The number of halogens is 3. The molecule has 2 aromatic carbocycles. The van der Waals surface area contributed by atoms with Gasteiger partial charge in [0.15, 0.2) is 5.75 Å². The SMILES string of the molecule is CC1([C@H](NC(=O)c2ccc3cccnc3c2OCc2ccc(OC(F)(F)F)cc2)C(=O)O)CCCCC1. The van der Waals surface area contributed by atoms with Gasteiger partial charge in [0.1, 0.15) is 23.9 Å². The molecule has 1 heterocycles. The first kappa shape index (κ1) is 26.2. The monoisotopic (exact) mass is 516 g/mol. The highest BCUT2D eigenvalue weighted by Gasteiger charge is 2.41. The van der Waals surface area contributed by atoms with Gasteiger partial charge in [0.2, 0.25) is 0 Å². The van der Waals surface area contributed by atoms with E-state index in [9.17, 15) is 27.9 Å². The summed E-state index contributed by atoms with van der Waals surface area (Å²) < 4.78 is 47.2. The van der Waals surface area contributed by atoms with Gasteiger partial charge in [-0.25, -0.2) is 4.79 Å². The number of amides is 1. The van der Waals surface area contributed by atoms with Crippen LogP contribution in [0.25, 0.3) is 10.9 Å². The van der Waals surface area contributed by atoms with Crippen LogP contribution in [-0.4, -0.2) is 34.4 Å². The number of aliphatic carboxylic acids is 1. The van der Waals surface area contributed by atoms with E-state index in [4.69, 9.17) is 4.74 Å². The first-order valence-corrected chi connectivity index (χ1v) is 11.9. The Morgan fingerprint density at radius 2 is 1.78 bits per heavy atom. The van der Waals surface area contributed by atoms with E-state index >= 15 is 0 Å². The van der Waals surface area contributed by atoms with E-state index in [1.54, 1.807) is 30.5 Å². The summed E-state index contributed by atoms with van der Waals surface area (Å²) in [6.45, 7) is 1.82. The van der Waals surface area contributed by atoms with E-state index in [2.05, 4.69) is 15.0 Å². The molecular formula is C27H27F3N2O5. The van der Waals surface area contributed by atoms with Gasteiger partial charge < -0.3 is 19.9 Å². The highest BCUT2D eigenvalue weighted by molar-refractivity contribution is 6.04. The van der Waals surface area contributed by atoms with Crippen molar-refractivity contribution in [1.82, 2.24) is 10.3 Å². The summed E-state index contributed by atoms with van der Waals surface area (Å²) in [5.41, 5.74) is 0.486. The van der Waals surface area contributed by atoms with Crippen molar-refractivity contribution in [3.63, 3.8) is 0 Å². The smallest absolute Gasteiger partial charge is 0.486 e. The molecule has 0 spiro atoms. The summed E-state index contributed by atoms with van der Waals surface area (Å²) in [7, 11) is 0. The minimum Gasteiger partial charge on any atom is -0.486 e. The summed E-state index contributed by atoms with van der Waals surface area (Å²) in [5.74, 6) is -1.90. The molecule has 1 aliphatic carbocycles. The van der Waals surface area contributed by atoms with Crippen LogP contribution in [0, 0.1) is 5.41 Å². The molecule has 1 aliphatic rings. The maximum absolute atomic E-state index is 13.4. The van der Waals surface area contributed by atoms with E-state index in [1.807, 2.05) is 6.92 Å². The second kappa shape index (κ2) is 10.7. The van der Waals surface area contributed by atoms with Gasteiger partial charge in [-0.3, -0.25) is 9.78 Å². The van der Waals surface area contributed by atoms with E-state index in [0.29, 0.717) is 29.3 Å². The first-order chi connectivity index (χ1) is 17.6. The van der Waals surface area contributed by atoms with Crippen molar-refractivity contribution >= 4 is 22.8 Å².